The Hall–Kier alpha value is -0.0400. The average molecular weight is 275 g/mol. The third kappa shape index (κ3) is 2.56. The maximum absolute atomic E-state index is 3.68. The standard InChI is InChI=1S/C19H33N/c1-18(2)10-14(4-6-20-18)3-5-19-11-15-7-16(12-19)9-17(8-15)13-19/h14-17,20H,3-13H2,1-2H3. The molecule has 4 aliphatic carbocycles. The smallest absolute Gasteiger partial charge is 0.0127 e. The minimum atomic E-state index is 0.393. The summed E-state index contributed by atoms with van der Waals surface area (Å²) in [6.07, 6.45) is 15.5. The van der Waals surface area contributed by atoms with Gasteiger partial charge in [-0.2, -0.15) is 0 Å². The molecule has 1 unspecified atom stereocenters. The maximum Gasteiger partial charge on any atom is 0.0127 e. The topological polar surface area (TPSA) is 12.0 Å². The van der Waals surface area contributed by atoms with E-state index >= 15 is 0 Å². The fourth-order valence-electron chi connectivity index (χ4n) is 6.86. The van der Waals surface area contributed by atoms with Crippen LogP contribution in [0.4, 0.5) is 0 Å². The van der Waals surface area contributed by atoms with Crippen molar-refractivity contribution >= 4 is 0 Å². The summed E-state index contributed by atoms with van der Waals surface area (Å²) in [4.78, 5) is 0. The van der Waals surface area contributed by atoms with Gasteiger partial charge in [-0.05, 0) is 114 Å². The zero-order valence-corrected chi connectivity index (χ0v) is 13.6. The Bertz CT molecular complexity index is 335. The number of rotatable bonds is 3. The summed E-state index contributed by atoms with van der Waals surface area (Å²) in [5.41, 5.74) is 1.20. The summed E-state index contributed by atoms with van der Waals surface area (Å²) in [6, 6.07) is 0. The zero-order chi connectivity index (χ0) is 13.8. The van der Waals surface area contributed by atoms with Crippen LogP contribution in [0, 0.1) is 29.1 Å². The Morgan fingerprint density at radius 2 is 1.50 bits per heavy atom. The third-order valence-electron chi connectivity index (χ3n) is 7.20. The molecule has 5 fully saturated rings. The fourth-order valence-corrected chi connectivity index (χ4v) is 6.86. The second-order valence-corrected chi connectivity index (χ2v) is 9.63. The molecule has 4 bridgehead atoms. The lowest BCUT2D eigenvalue weighted by Gasteiger charge is -2.57. The average Bonchev–Trinajstić information content (AvgIpc) is 2.34. The summed E-state index contributed by atoms with van der Waals surface area (Å²) < 4.78 is 0. The number of hydrogen-bond donors (Lipinski definition) is 1. The molecule has 114 valence electrons. The Morgan fingerprint density at radius 3 is 2.05 bits per heavy atom. The Balaban J connectivity index is 1.37. The number of hydrogen-bond acceptors (Lipinski definition) is 1. The van der Waals surface area contributed by atoms with Gasteiger partial charge in [0.25, 0.3) is 0 Å². The van der Waals surface area contributed by atoms with E-state index in [1.54, 1.807) is 44.9 Å². The van der Waals surface area contributed by atoms with Gasteiger partial charge in [-0.3, -0.25) is 0 Å². The molecular formula is C19H33N. The fraction of sp³-hybridized carbons (Fsp3) is 1.00. The predicted octanol–water partition coefficient (Wildman–Crippen LogP) is 4.76. The van der Waals surface area contributed by atoms with E-state index in [-0.39, 0.29) is 0 Å². The molecule has 0 amide bonds. The van der Waals surface area contributed by atoms with Crippen LogP contribution in [-0.4, -0.2) is 12.1 Å². The van der Waals surface area contributed by atoms with E-state index in [0.717, 1.165) is 29.1 Å². The van der Waals surface area contributed by atoms with E-state index in [0.29, 0.717) is 5.54 Å². The Kier molecular flexibility index (Phi) is 3.22. The first-order valence-corrected chi connectivity index (χ1v) is 9.27. The monoisotopic (exact) mass is 275 g/mol. The van der Waals surface area contributed by atoms with Gasteiger partial charge in [0.15, 0.2) is 0 Å². The molecule has 5 aliphatic rings. The minimum absolute atomic E-state index is 0.393. The lowest BCUT2D eigenvalue weighted by atomic mass is 9.48. The van der Waals surface area contributed by atoms with E-state index in [1.807, 2.05) is 0 Å². The molecule has 1 aliphatic heterocycles. The van der Waals surface area contributed by atoms with Crippen molar-refractivity contribution in [3.8, 4) is 0 Å². The second-order valence-electron chi connectivity index (χ2n) is 9.63. The van der Waals surface area contributed by atoms with Crippen molar-refractivity contribution in [3.05, 3.63) is 0 Å². The van der Waals surface area contributed by atoms with Gasteiger partial charge in [-0.15, -0.1) is 0 Å². The summed E-state index contributed by atoms with van der Waals surface area (Å²) in [5.74, 6) is 4.39. The first-order chi connectivity index (χ1) is 9.52. The van der Waals surface area contributed by atoms with Crippen LogP contribution in [0.2, 0.25) is 0 Å². The van der Waals surface area contributed by atoms with Crippen molar-refractivity contribution in [1.82, 2.24) is 5.32 Å². The molecule has 0 aromatic rings. The van der Waals surface area contributed by atoms with E-state index in [4.69, 9.17) is 0 Å². The van der Waals surface area contributed by atoms with Crippen LogP contribution in [-0.2, 0) is 0 Å². The van der Waals surface area contributed by atoms with Crippen LogP contribution in [0.1, 0.15) is 78.1 Å². The third-order valence-corrected chi connectivity index (χ3v) is 7.20. The lowest BCUT2D eigenvalue weighted by Crippen LogP contribution is -2.48. The molecule has 5 rings (SSSR count). The quantitative estimate of drug-likeness (QED) is 0.783. The van der Waals surface area contributed by atoms with Gasteiger partial charge in [0.1, 0.15) is 0 Å². The maximum atomic E-state index is 3.68. The van der Waals surface area contributed by atoms with Crippen LogP contribution >= 0.6 is 0 Å². The second kappa shape index (κ2) is 4.73. The molecule has 1 saturated heterocycles. The van der Waals surface area contributed by atoms with Crippen LogP contribution < -0.4 is 5.32 Å². The largest absolute Gasteiger partial charge is 0.312 e. The van der Waals surface area contributed by atoms with Crippen LogP contribution in [0.15, 0.2) is 0 Å². The van der Waals surface area contributed by atoms with Crippen molar-refractivity contribution < 1.29 is 0 Å². The highest BCUT2D eigenvalue weighted by molar-refractivity contribution is 5.01. The van der Waals surface area contributed by atoms with Crippen molar-refractivity contribution in [2.24, 2.45) is 29.1 Å². The Morgan fingerprint density at radius 1 is 0.900 bits per heavy atom. The summed E-state index contributed by atoms with van der Waals surface area (Å²) >= 11 is 0. The molecule has 0 aromatic heterocycles. The normalized spacial score (nSPS) is 49.5. The SMILES string of the molecule is CC1(C)CC(CCC23CC4CC(CC(C4)C2)C3)CCN1. The molecule has 4 saturated carbocycles. The van der Waals surface area contributed by atoms with Gasteiger partial charge in [0.05, 0.1) is 0 Å². The van der Waals surface area contributed by atoms with Gasteiger partial charge in [-0.25, -0.2) is 0 Å². The van der Waals surface area contributed by atoms with E-state index in [9.17, 15) is 0 Å². The molecular weight excluding hydrogens is 242 g/mol. The highest BCUT2D eigenvalue weighted by Gasteiger charge is 2.50. The predicted molar refractivity (Wildman–Crippen MR) is 84.6 cm³/mol. The van der Waals surface area contributed by atoms with Crippen molar-refractivity contribution in [3.63, 3.8) is 0 Å². The molecule has 0 aromatic carbocycles. The van der Waals surface area contributed by atoms with Gasteiger partial charge in [-0.1, -0.05) is 0 Å². The van der Waals surface area contributed by atoms with Gasteiger partial charge in [0.2, 0.25) is 0 Å². The van der Waals surface area contributed by atoms with Gasteiger partial charge < -0.3 is 5.32 Å². The first kappa shape index (κ1) is 13.6. The van der Waals surface area contributed by atoms with E-state index < -0.39 is 0 Å². The van der Waals surface area contributed by atoms with Crippen molar-refractivity contribution in [2.45, 2.75) is 83.6 Å². The highest BCUT2D eigenvalue weighted by Crippen LogP contribution is 2.62. The summed E-state index contributed by atoms with van der Waals surface area (Å²) in [5, 5.41) is 3.68. The summed E-state index contributed by atoms with van der Waals surface area (Å²) in [6.45, 7) is 6.03. The van der Waals surface area contributed by atoms with E-state index in [1.165, 1.54) is 25.8 Å². The Labute approximate surface area is 125 Å². The number of nitrogens with one attached hydrogen (secondary N) is 1. The zero-order valence-electron chi connectivity index (χ0n) is 13.6. The number of piperidine rings is 1. The molecule has 1 atom stereocenters. The summed E-state index contributed by atoms with van der Waals surface area (Å²) in [7, 11) is 0. The molecule has 1 heterocycles. The highest BCUT2D eigenvalue weighted by atomic mass is 15.0. The molecule has 0 spiro atoms. The van der Waals surface area contributed by atoms with Gasteiger partial charge in [0, 0.05) is 5.54 Å². The lowest BCUT2D eigenvalue weighted by molar-refractivity contribution is -0.0610. The van der Waals surface area contributed by atoms with Gasteiger partial charge >= 0.3 is 0 Å². The molecule has 1 nitrogen and oxygen atoms in total. The molecule has 0 radical (unpaired) electrons. The van der Waals surface area contributed by atoms with Crippen molar-refractivity contribution in [2.75, 3.05) is 6.54 Å². The first-order valence-electron chi connectivity index (χ1n) is 9.27. The van der Waals surface area contributed by atoms with E-state index in [2.05, 4.69) is 19.2 Å². The van der Waals surface area contributed by atoms with Crippen LogP contribution in [0.3, 0.4) is 0 Å². The van der Waals surface area contributed by atoms with Crippen LogP contribution in [0.25, 0.3) is 0 Å². The molecule has 1 N–H and O–H groups in total. The van der Waals surface area contributed by atoms with Crippen LogP contribution in [0.5, 0.6) is 0 Å². The minimum Gasteiger partial charge on any atom is -0.312 e. The molecule has 20 heavy (non-hydrogen) atoms. The molecule has 1 heteroatoms. The van der Waals surface area contributed by atoms with Crippen molar-refractivity contribution in [1.29, 1.82) is 0 Å².